The molecule has 0 saturated carbocycles. The minimum atomic E-state index is -0.605. The first-order valence-electron chi connectivity index (χ1n) is 10.5. The lowest BCUT2D eigenvalue weighted by Crippen LogP contribution is -2.41. The molecule has 4 heterocycles. The number of benzene rings is 2. The maximum absolute atomic E-state index is 15.1. The lowest BCUT2D eigenvalue weighted by Gasteiger charge is -2.30. The minimum Gasteiger partial charge on any atom is -0.383 e. The quantitative estimate of drug-likeness (QED) is 0.488. The summed E-state index contributed by atoms with van der Waals surface area (Å²) in [7, 11) is 0. The number of halogens is 1. The predicted octanol–water partition coefficient (Wildman–Crippen LogP) is 4.42. The fourth-order valence-electron chi connectivity index (χ4n) is 4.69. The van der Waals surface area contributed by atoms with Crippen LogP contribution < -0.4 is 10.7 Å². The van der Waals surface area contributed by atoms with E-state index in [0.29, 0.717) is 36.4 Å². The standard InChI is InChI=1S/C23H20FN5O2S/c1-12-21-16(10-31-12)14-8-15(17(24)9-19(14)27-22(21)25)23(30)29-6-2-5-28(29)13-3-4-18-20(7-13)32-11-26-18/h3-4,7-9,11-12H,2,5-6,10H2,1H3,(H2,25,27)/t12-/m1/s1. The molecule has 7 nitrogen and oxygen atoms in total. The highest BCUT2D eigenvalue weighted by Crippen LogP contribution is 2.39. The Balaban J connectivity index is 1.42. The first-order valence-corrected chi connectivity index (χ1v) is 11.3. The zero-order valence-corrected chi connectivity index (χ0v) is 18.2. The fourth-order valence-corrected chi connectivity index (χ4v) is 5.40. The van der Waals surface area contributed by atoms with Crippen LogP contribution >= 0.6 is 11.3 Å². The Labute approximate surface area is 187 Å². The summed E-state index contributed by atoms with van der Waals surface area (Å²) in [5.41, 5.74) is 11.9. The molecule has 1 saturated heterocycles. The molecule has 1 atom stereocenters. The van der Waals surface area contributed by atoms with E-state index < -0.39 is 5.82 Å². The van der Waals surface area contributed by atoms with Gasteiger partial charge in [0.15, 0.2) is 0 Å². The second kappa shape index (κ2) is 7.11. The zero-order chi connectivity index (χ0) is 22.0. The van der Waals surface area contributed by atoms with Gasteiger partial charge in [0.25, 0.3) is 5.91 Å². The maximum atomic E-state index is 15.1. The molecule has 9 heteroatoms. The van der Waals surface area contributed by atoms with E-state index >= 15 is 4.39 Å². The molecular weight excluding hydrogens is 429 g/mol. The Kier molecular flexibility index (Phi) is 4.31. The topological polar surface area (TPSA) is 84.6 Å². The van der Waals surface area contributed by atoms with E-state index in [-0.39, 0.29) is 17.6 Å². The molecule has 2 aromatic heterocycles. The molecule has 2 aliphatic rings. The van der Waals surface area contributed by atoms with Gasteiger partial charge in [-0.15, -0.1) is 11.3 Å². The molecule has 1 amide bonds. The van der Waals surface area contributed by atoms with Crippen molar-refractivity contribution in [1.82, 2.24) is 15.0 Å². The van der Waals surface area contributed by atoms with E-state index in [1.807, 2.05) is 30.1 Å². The molecule has 0 radical (unpaired) electrons. The van der Waals surface area contributed by atoms with Crippen LogP contribution in [0.2, 0.25) is 0 Å². The van der Waals surface area contributed by atoms with Gasteiger partial charge in [-0.2, -0.15) is 0 Å². The Hall–Kier alpha value is -3.30. The third-order valence-corrected chi connectivity index (χ3v) is 7.04. The SMILES string of the molecule is C[C@H]1OCc2c1c(N)nc1cc(F)c(C(=O)N3CCCN3c3ccc4ncsc4c3)cc21. The summed E-state index contributed by atoms with van der Waals surface area (Å²) in [6, 6.07) is 8.81. The molecule has 32 heavy (non-hydrogen) atoms. The van der Waals surface area contributed by atoms with Gasteiger partial charge in [0.1, 0.15) is 11.6 Å². The third kappa shape index (κ3) is 2.85. The van der Waals surface area contributed by atoms with E-state index in [4.69, 9.17) is 10.5 Å². The van der Waals surface area contributed by atoms with Gasteiger partial charge in [0.2, 0.25) is 0 Å². The molecule has 0 bridgehead atoms. The zero-order valence-electron chi connectivity index (χ0n) is 17.3. The number of rotatable bonds is 2. The van der Waals surface area contributed by atoms with E-state index in [0.717, 1.165) is 33.5 Å². The molecule has 162 valence electrons. The van der Waals surface area contributed by atoms with Gasteiger partial charge in [-0.25, -0.2) is 19.4 Å². The highest BCUT2D eigenvalue weighted by molar-refractivity contribution is 7.16. The number of ether oxygens (including phenoxy) is 1. The molecule has 2 aliphatic heterocycles. The first-order chi connectivity index (χ1) is 15.5. The summed E-state index contributed by atoms with van der Waals surface area (Å²) in [6.45, 7) is 3.48. The van der Waals surface area contributed by atoms with Crippen LogP contribution in [0.25, 0.3) is 21.1 Å². The first kappa shape index (κ1) is 19.4. The van der Waals surface area contributed by atoms with Crippen molar-refractivity contribution in [3.05, 3.63) is 58.3 Å². The van der Waals surface area contributed by atoms with Crippen molar-refractivity contribution in [2.45, 2.75) is 26.1 Å². The van der Waals surface area contributed by atoms with Crippen LogP contribution in [0.15, 0.2) is 35.8 Å². The Morgan fingerprint density at radius 2 is 2.12 bits per heavy atom. The monoisotopic (exact) mass is 449 g/mol. The average molecular weight is 450 g/mol. The van der Waals surface area contributed by atoms with Crippen LogP contribution in [0, 0.1) is 5.82 Å². The highest BCUT2D eigenvalue weighted by atomic mass is 32.1. The van der Waals surface area contributed by atoms with Crippen molar-refractivity contribution in [3.63, 3.8) is 0 Å². The summed E-state index contributed by atoms with van der Waals surface area (Å²) in [5, 5.41) is 4.25. The summed E-state index contributed by atoms with van der Waals surface area (Å²) >= 11 is 1.55. The molecule has 0 spiro atoms. The number of hydrogen-bond acceptors (Lipinski definition) is 7. The Bertz CT molecular complexity index is 1400. The number of anilines is 2. The average Bonchev–Trinajstić information content (AvgIpc) is 3.52. The Morgan fingerprint density at radius 3 is 3.00 bits per heavy atom. The molecule has 2 aromatic carbocycles. The van der Waals surface area contributed by atoms with Crippen molar-refractivity contribution in [2.24, 2.45) is 0 Å². The fraction of sp³-hybridized carbons (Fsp3) is 0.261. The lowest BCUT2D eigenvalue weighted by atomic mass is 9.99. The largest absolute Gasteiger partial charge is 0.383 e. The molecule has 0 aliphatic carbocycles. The molecule has 4 aromatic rings. The van der Waals surface area contributed by atoms with E-state index in [1.54, 1.807) is 27.9 Å². The molecular formula is C23H20FN5O2S. The molecule has 2 N–H and O–H groups in total. The van der Waals surface area contributed by atoms with Gasteiger partial charge in [0, 0.05) is 30.1 Å². The van der Waals surface area contributed by atoms with Crippen LogP contribution in [0.4, 0.5) is 15.9 Å². The van der Waals surface area contributed by atoms with Crippen LogP contribution in [-0.4, -0.2) is 34.0 Å². The van der Waals surface area contributed by atoms with Crippen molar-refractivity contribution >= 4 is 49.9 Å². The van der Waals surface area contributed by atoms with E-state index in [1.165, 1.54) is 6.07 Å². The van der Waals surface area contributed by atoms with Gasteiger partial charge in [0.05, 0.1) is 45.2 Å². The smallest absolute Gasteiger partial charge is 0.275 e. The number of nitrogens with zero attached hydrogens (tertiary/aromatic N) is 4. The number of nitrogens with two attached hydrogens (primary N) is 1. The lowest BCUT2D eigenvalue weighted by molar-refractivity contribution is 0.0771. The van der Waals surface area contributed by atoms with Crippen LogP contribution in [-0.2, 0) is 11.3 Å². The van der Waals surface area contributed by atoms with Crippen molar-refractivity contribution < 1.29 is 13.9 Å². The second-order valence-electron chi connectivity index (χ2n) is 8.10. The highest BCUT2D eigenvalue weighted by Gasteiger charge is 2.32. The predicted molar refractivity (Wildman–Crippen MR) is 122 cm³/mol. The van der Waals surface area contributed by atoms with Crippen molar-refractivity contribution in [2.75, 3.05) is 23.8 Å². The number of hydrogen-bond donors (Lipinski definition) is 1. The van der Waals surface area contributed by atoms with Crippen molar-refractivity contribution in [1.29, 1.82) is 0 Å². The van der Waals surface area contributed by atoms with Crippen LogP contribution in [0.3, 0.4) is 0 Å². The Morgan fingerprint density at radius 1 is 1.25 bits per heavy atom. The van der Waals surface area contributed by atoms with Gasteiger partial charge in [-0.3, -0.25) is 9.80 Å². The van der Waals surface area contributed by atoms with Gasteiger partial charge >= 0.3 is 0 Å². The van der Waals surface area contributed by atoms with Gasteiger partial charge in [-0.05, 0) is 43.2 Å². The van der Waals surface area contributed by atoms with Gasteiger partial charge in [-0.1, -0.05) is 0 Å². The number of fused-ring (bicyclic) bond motifs is 4. The van der Waals surface area contributed by atoms with Gasteiger partial charge < -0.3 is 10.5 Å². The number of pyridine rings is 1. The molecule has 0 unspecified atom stereocenters. The number of carbonyl (C=O) groups is 1. The third-order valence-electron chi connectivity index (χ3n) is 6.25. The van der Waals surface area contributed by atoms with E-state index in [9.17, 15) is 4.79 Å². The number of hydrazine groups is 1. The van der Waals surface area contributed by atoms with Crippen molar-refractivity contribution in [3.8, 4) is 0 Å². The molecule has 1 fully saturated rings. The number of aromatic nitrogens is 2. The van der Waals surface area contributed by atoms with Crippen LogP contribution in [0.5, 0.6) is 0 Å². The minimum absolute atomic E-state index is 0.0246. The molecule has 6 rings (SSSR count). The maximum Gasteiger partial charge on any atom is 0.275 e. The van der Waals surface area contributed by atoms with Crippen LogP contribution in [0.1, 0.15) is 40.9 Å². The summed E-state index contributed by atoms with van der Waals surface area (Å²) in [4.78, 5) is 22.2. The van der Waals surface area contributed by atoms with E-state index in [2.05, 4.69) is 9.97 Å². The normalized spacial score (nSPS) is 18.1. The summed E-state index contributed by atoms with van der Waals surface area (Å²) in [5.74, 6) is -0.630. The number of thiazole rings is 1. The number of nitrogen functional groups attached to an aromatic ring is 1. The summed E-state index contributed by atoms with van der Waals surface area (Å²) < 4.78 is 21.9. The summed E-state index contributed by atoms with van der Waals surface area (Å²) in [6.07, 6.45) is 0.627. The number of carbonyl (C=O) groups excluding carboxylic acids is 1. The second-order valence-corrected chi connectivity index (χ2v) is 8.99. The number of amides is 1.